The van der Waals surface area contributed by atoms with Gasteiger partial charge in [-0.15, -0.1) is 11.8 Å². The first-order valence-electron chi connectivity index (χ1n) is 10.3. The van der Waals surface area contributed by atoms with Crippen LogP contribution in [0.3, 0.4) is 0 Å². The van der Waals surface area contributed by atoms with Gasteiger partial charge in [0.25, 0.3) is 11.8 Å². The molecule has 31 heavy (non-hydrogen) atoms. The van der Waals surface area contributed by atoms with Crippen molar-refractivity contribution in [3.63, 3.8) is 0 Å². The number of rotatable bonds is 4. The second-order valence-electron chi connectivity index (χ2n) is 7.68. The number of aliphatic hydroxyl groups is 1. The van der Waals surface area contributed by atoms with Crippen LogP contribution in [0.4, 0.5) is 0 Å². The standard InChI is InChI=1S/C23H23NO6S/c1-2-31-23-17(24-20(26)14-10-6-7-11-15(14)21(24)27)18(25)19-16(29-23)12-28-22(30-19)13-8-4-3-5-9-13/h3-11,16-19,22-23,25H,2,12H2,1H3/t16-,17-,18-,19-,22-,23+/m1/s1. The van der Waals surface area contributed by atoms with Crippen LogP contribution < -0.4 is 0 Å². The Hall–Kier alpha value is -2.23. The van der Waals surface area contributed by atoms with Gasteiger partial charge in [-0.2, -0.15) is 0 Å². The van der Waals surface area contributed by atoms with E-state index in [1.165, 1.54) is 11.8 Å². The van der Waals surface area contributed by atoms with Crippen LogP contribution >= 0.6 is 11.8 Å². The molecule has 0 radical (unpaired) electrons. The average Bonchev–Trinajstić information content (AvgIpc) is 3.05. The van der Waals surface area contributed by atoms with Crippen LogP contribution in [-0.2, 0) is 14.2 Å². The van der Waals surface area contributed by atoms with Gasteiger partial charge in [-0.3, -0.25) is 14.5 Å². The fourth-order valence-corrected chi connectivity index (χ4v) is 5.44. The molecular formula is C23H23NO6S. The molecule has 0 spiro atoms. The molecule has 0 aromatic heterocycles. The number of nitrogens with zero attached hydrogens (tertiary/aromatic N) is 1. The number of fused-ring (bicyclic) bond motifs is 2. The maximum Gasteiger partial charge on any atom is 0.262 e. The minimum Gasteiger partial charge on any atom is -0.388 e. The molecule has 2 aromatic rings. The van der Waals surface area contributed by atoms with E-state index in [1.54, 1.807) is 24.3 Å². The monoisotopic (exact) mass is 441 g/mol. The highest BCUT2D eigenvalue weighted by atomic mass is 32.2. The molecule has 8 heteroatoms. The van der Waals surface area contributed by atoms with Gasteiger partial charge in [0.1, 0.15) is 29.8 Å². The minimum absolute atomic E-state index is 0.247. The molecule has 1 N–H and O–H groups in total. The summed E-state index contributed by atoms with van der Waals surface area (Å²) in [6.07, 6.45) is -2.99. The van der Waals surface area contributed by atoms with Gasteiger partial charge >= 0.3 is 0 Å². The van der Waals surface area contributed by atoms with Crippen LogP contribution in [0.2, 0.25) is 0 Å². The molecule has 0 saturated carbocycles. The third-order valence-electron chi connectivity index (χ3n) is 5.86. The second kappa shape index (κ2) is 8.37. The molecule has 3 aliphatic heterocycles. The van der Waals surface area contributed by atoms with Crippen molar-refractivity contribution in [1.82, 2.24) is 4.90 Å². The Morgan fingerprint density at radius 1 is 1.00 bits per heavy atom. The molecule has 2 fully saturated rings. The lowest BCUT2D eigenvalue weighted by Gasteiger charge is -2.49. The van der Waals surface area contributed by atoms with Gasteiger partial charge in [-0.25, -0.2) is 0 Å². The lowest BCUT2D eigenvalue weighted by atomic mass is 9.95. The highest BCUT2D eigenvalue weighted by Gasteiger charge is 2.55. The van der Waals surface area contributed by atoms with Gasteiger partial charge in [-0.1, -0.05) is 49.4 Å². The normalized spacial score (nSPS) is 32.6. The zero-order chi connectivity index (χ0) is 21.5. The van der Waals surface area contributed by atoms with Crippen molar-refractivity contribution < 1.29 is 28.9 Å². The number of ether oxygens (including phenoxy) is 3. The summed E-state index contributed by atoms with van der Waals surface area (Å²) in [7, 11) is 0. The van der Waals surface area contributed by atoms with Crippen LogP contribution in [0.25, 0.3) is 0 Å². The van der Waals surface area contributed by atoms with Crippen LogP contribution in [0.15, 0.2) is 54.6 Å². The molecule has 2 aromatic carbocycles. The number of benzene rings is 2. The number of imide groups is 1. The maximum atomic E-state index is 13.1. The molecule has 3 aliphatic rings. The Morgan fingerprint density at radius 2 is 1.65 bits per heavy atom. The van der Waals surface area contributed by atoms with Crippen LogP contribution in [-0.4, -0.2) is 64.0 Å². The molecule has 162 valence electrons. The van der Waals surface area contributed by atoms with E-state index in [1.807, 2.05) is 37.3 Å². The van der Waals surface area contributed by atoms with E-state index in [-0.39, 0.29) is 6.61 Å². The van der Waals surface area contributed by atoms with Gasteiger partial charge in [-0.05, 0) is 17.9 Å². The SMILES string of the molecule is CCS[C@@H]1O[C@@H]2CO[C@@H](c3ccccc3)O[C@H]2[C@H](O)[C@H]1N1C(=O)c2ccccc2C1=O. The minimum atomic E-state index is -1.11. The van der Waals surface area contributed by atoms with Crippen molar-refractivity contribution in [3.8, 4) is 0 Å². The topological polar surface area (TPSA) is 85.3 Å². The summed E-state index contributed by atoms with van der Waals surface area (Å²) >= 11 is 1.45. The average molecular weight is 442 g/mol. The number of carbonyl (C=O) groups is 2. The number of aliphatic hydroxyl groups excluding tert-OH is 1. The third-order valence-corrected chi connectivity index (χ3v) is 6.91. The molecule has 0 unspecified atom stereocenters. The van der Waals surface area contributed by atoms with Crippen molar-refractivity contribution in [3.05, 3.63) is 71.3 Å². The van der Waals surface area contributed by atoms with Gasteiger partial charge in [0.2, 0.25) is 0 Å². The summed E-state index contributed by atoms with van der Waals surface area (Å²) in [6, 6.07) is 15.3. The lowest BCUT2D eigenvalue weighted by molar-refractivity contribution is -0.310. The predicted octanol–water partition coefficient (Wildman–Crippen LogP) is 2.60. The number of amides is 2. The summed E-state index contributed by atoms with van der Waals surface area (Å²) in [5.41, 5.74) is 0.939. The van der Waals surface area contributed by atoms with Gasteiger partial charge < -0.3 is 19.3 Å². The Kier molecular flexibility index (Phi) is 5.58. The Bertz CT molecular complexity index is 950. The quantitative estimate of drug-likeness (QED) is 0.730. The lowest BCUT2D eigenvalue weighted by Crippen LogP contribution is -2.66. The largest absolute Gasteiger partial charge is 0.388 e. The van der Waals surface area contributed by atoms with Gasteiger partial charge in [0, 0.05) is 5.56 Å². The summed E-state index contributed by atoms with van der Waals surface area (Å²) in [6.45, 7) is 2.21. The molecule has 5 rings (SSSR count). The van der Waals surface area contributed by atoms with E-state index < -0.39 is 47.9 Å². The van der Waals surface area contributed by atoms with E-state index in [0.717, 1.165) is 10.5 Å². The zero-order valence-electron chi connectivity index (χ0n) is 16.9. The van der Waals surface area contributed by atoms with Crippen molar-refractivity contribution in [2.75, 3.05) is 12.4 Å². The fourth-order valence-electron chi connectivity index (χ4n) is 4.41. The Morgan fingerprint density at radius 3 is 2.29 bits per heavy atom. The molecule has 0 aliphatic carbocycles. The maximum absolute atomic E-state index is 13.1. The number of thioether (sulfide) groups is 1. The van der Waals surface area contributed by atoms with E-state index in [0.29, 0.717) is 16.9 Å². The second-order valence-corrected chi connectivity index (χ2v) is 9.06. The van der Waals surface area contributed by atoms with Crippen LogP contribution in [0, 0.1) is 0 Å². The zero-order valence-corrected chi connectivity index (χ0v) is 17.7. The van der Waals surface area contributed by atoms with Gasteiger partial charge in [0.05, 0.1) is 17.7 Å². The molecule has 7 nitrogen and oxygen atoms in total. The number of hydrogen-bond donors (Lipinski definition) is 1. The highest BCUT2D eigenvalue weighted by Crippen LogP contribution is 2.40. The molecule has 0 bridgehead atoms. The summed E-state index contributed by atoms with van der Waals surface area (Å²) in [5.74, 6) is -0.136. The van der Waals surface area contributed by atoms with Crippen molar-refractivity contribution in [2.24, 2.45) is 0 Å². The fraction of sp³-hybridized carbons (Fsp3) is 0.391. The van der Waals surface area contributed by atoms with E-state index in [2.05, 4.69) is 0 Å². The van der Waals surface area contributed by atoms with Crippen LogP contribution in [0.1, 0.15) is 39.5 Å². The van der Waals surface area contributed by atoms with Crippen molar-refractivity contribution in [2.45, 2.75) is 43.0 Å². The van der Waals surface area contributed by atoms with Crippen molar-refractivity contribution in [1.29, 1.82) is 0 Å². The smallest absolute Gasteiger partial charge is 0.262 e. The van der Waals surface area contributed by atoms with Crippen LogP contribution in [0.5, 0.6) is 0 Å². The Balaban J connectivity index is 1.45. The predicted molar refractivity (Wildman–Crippen MR) is 114 cm³/mol. The summed E-state index contributed by atoms with van der Waals surface area (Å²) < 4.78 is 18.2. The highest BCUT2D eigenvalue weighted by molar-refractivity contribution is 7.99. The first-order valence-corrected chi connectivity index (χ1v) is 11.4. The van der Waals surface area contributed by atoms with Crippen molar-refractivity contribution >= 4 is 23.6 Å². The molecular weight excluding hydrogens is 418 g/mol. The number of carbonyl (C=O) groups excluding carboxylic acids is 2. The van der Waals surface area contributed by atoms with E-state index in [9.17, 15) is 14.7 Å². The number of hydrogen-bond acceptors (Lipinski definition) is 7. The molecule has 2 saturated heterocycles. The summed E-state index contributed by atoms with van der Waals surface area (Å²) in [4.78, 5) is 27.4. The molecule has 6 atom stereocenters. The summed E-state index contributed by atoms with van der Waals surface area (Å²) in [5, 5.41) is 11.4. The first-order chi connectivity index (χ1) is 15.1. The van der Waals surface area contributed by atoms with E-state index in [4.69, 9.17) is 14.2 Å². The first kappa shape index (κ1) is 20.7. The van der Waals surface area contributed by atoms with Gasteiger partial charge in [0.15, 0.2) is 6.29 Å². The Labute approximate surface area is 184 Å². The molecule has 3 heterocycles. The van der Waals surface area contributed by atoms with E-state index >= 15 is 0 Å². The third kappa shape index (κ3) is 3.48. The molecule has 2 amide bonds.